The molecule has 5 heteroatoms. The number of amides is 1. The molecular weight excluding hydrogens is 292 g/mol. The lowest BCUT2D eigenvalue weighted by molar-refractivity contribution is 0.122. The lowest BCUT2D eigenvalue weighted by atomic mass is 10.2. The molecule has 0 spiro atoms. The molecule has 3 rings (SSSR count). The average Bonchev–Trinajstić information content (AvgIpc) is 2.61. The standard InChI is InChI=1S/C18H20N2O3/c21-18(22)20(14-15-4-2-1-3-5-15)17-8-6-16(7-9-17)19-10-12-23-13-11-19/h1-9H,10-14H2,(H,21,22). The molecule has 2 aromatic rings. The van der Waals surface area contributed by atoms with Gasteiger partial charge in [-0.3, -0.25) is 4.90 Å². The van der Waals surface area contributed by atoms with Crippen LogP contribution in [0.1, 0.15) is 5.56 Å². The van der Waals surface area contributed by atoms with Gasteiger partial charge in [-0.25, -0.2) is 4.79 Å². The van der Waals surface area contributed by atoms with Crippen LogP contribution in [-0.2, 0) is 11.3 Å². The highest BCUT2D eigenvalue weighted by Crippen LogP contribution is 2.23. The number of anilines is 2. The first-order chi connectivity index (χ1) is 11.2. The van der Waals surface area contributed by atoms with Crippen molar-refractivity contribution >= 4 is 17.5 Å². The van der Waals surface area contributed by atoms with Gasteiger partial charge in [0, 0.05) is 24.5 Å². The van der Waals surface area contributed by atoms with Crippen molar-refractivity contribution in [2.75, 3.05) is 36.1 Å². The number of ether oxygens (including phenoxy) is 1. The largest absolute Gasteiger partial charge is 0.465 e. The van der Waals surface area contributed by atoms with E-state index in [1.807, 2.05) is 54.6 Å². The van der Waals surface area contributed by atoms with E-state index in [2.05, 4.69) is 4.90 Å². The van der Waals surface area contributed by atoms with Gasteiger partial charge in [0.15, 0.2) is 0 Å². The number of carbonyl (C=O) groups is 1. The van der Waals surface area contributed by atoms with E-state index >= 15 is 0 Å². The molecule has 1 fully saturated rings. The molecule has 1 amide bonds. The molecule has 1 saturated heterocycles. The van der Waals surface area contributed by atoms with Crippen LogP contribution in [0.3, 0.4) is 0 Å². The van der Waals surface area contributed by atoms with Crippen molar-refractivity contribution in [1.82, 2.24) is 0 Å². The molecule has 0 radical (unpaired) electrons. The Kier molecular flexibility index (Phi) is 4.78. The summed E-state index contributed by atoms with van der Waals surface area (Å²) in [6, 6.07) is 17.3. The first kappa shape index (κ1) is 15.4. The van der Waals surface area contributed by atoms with Gasteiger partial charge in [0.1, 0.15) is 0 Å². The summed E-state index contributed by atoms with van der Waals surface area (Å²) in [7, 11) is 0. The molecule has 1 aliphatic heterocycles. The number of carboxylic acid groups (broad SMARTS) is 1. The molecule has 23 heavy (non-hydrogen) atoms. The van der Waals surface area contributed by atoms with E-state index in [-0.39, 0.29) is 0 Å². The van der Waals surface area contributed by atoms with Crippen LogP contribution in [0.25, 0.3) is 0 Å². The smallest absolute Gasteiger partial charge is 0.412 e. The summed E-state index contributed by atoms with van der Waals surface area (Å²) in [5, 5.41) is 9.51. The van der Waals surface area contributed by atoms with Crippen molar-refractivity contribution in [3.63, 3.8) is 0 Å². The van der Waals surface area contributed by atoms with E-state index in [1.165, 1.54) is 4.90 Å². The predicted molar refractivity (Wildman–Crippen MR) is 90.1 cm³/mol. The molecule has 2 aromatic carbocycles. The van der Waals surface area contributed by atoms with Gasteiger partial charge in [-0.05, 0) is 29.8 Å². The fourth-order valence-electron chi connectivity index (χ4n) is 2.70. The number of benzene rings is 2. The molecule has 1 N–H and O–H groups in total. The summed E-state index contributed by atoms with van der Waals surface area (Å²) in [5.41, 5.74) is 2.74. The van der Waals surface area contributed by atoms with E-state index in [4.69, 9.17) is 4.74 Å². The van der Waals surface area contributed by atoms with E-state index < -0.39 is 6.09 Å². The van der Waals surface area contributed by atoms with Crippen LogP contribution in [0.15, 0.2) is 54.6 Å². The second-order valence-electron chi connectivity index (χ2n) is 5.47. The van der Waals surface area contributed by atoms with Gasteiger partial charge in [-0.2, -0.15) is 0 Å². The molecule has 0 unspecified atom stereocenters. The van der Waals surface area contributed by atoms with Gasteiger partial charge in [0.05, 0.1) is 19.8 Å². The van der Waals surface area contributed by atoms with Crippen LogP contribution in [0.4, 0.5) is 16.2 Å². The third-order valence-corrected chi connectivity index (χ3v) is 3.95. The first-order valence-electron chi connectivity index (χ1n) is 7.71. The van der Waals surface area contributed by atoms with Gasteiger partial charge < -0.3 is 14.7 Å². The van der Waals surface area contributed by atoms with Crippen molar-refractivity contribution in [2.45, 2.75) is 6.54 Å². The maximum absolute atomic E-state index is 11.6. The van der Waals surface area contributed by atoms with Gasteiger partial charge in [-0.1, -0.05) is 30.3 Å². The molecule has 1 aliphatic rings. The fourth-order valence-corrected chi connectivity index (χ4v) is 2.70. The van der Waals surface area contributed by atoms with Crippen LogP contribution in [0.2, 0.25) is 0 Å². The highest BCUT2D eigenvalue weighted by atomic mass is 16.5. The third-order valence-electron chi connectivity index (χ3n) is 3.95. The molecule has 0 aromatic heterocycles. The molecule has 5 nitrogen and oxygen atoms in total. The lowest BCUT2D eigenvalue weighted by Gasteiger charge is -2.29. The van der Waals surface area contributed by atoms with Gasteiger partial charge >= 0.3 is 6.09 Å². The Hall–Kier alpha value is -2.53. The Labute approximate surface area is 135 Å². The van der Waals surface area contributed by atoms with Crippen LogP contribution < -0.4 is 9.80 Å². The Morgan fingerprint density at radius 3 is 2.30 bits per heavy atom. The van der Waals surface area contributed by atoms with Crippen molar-refractivity contribution in [3.8, 4) is 0 Å². The van der Waals surface area contributed by atoms with Gasteiger partial charge in [0.2, 0.25) is 0 Å². The highest BCUT2D eigenvalue weighted by molar-refractivity contribution is 5.86. The summed E-state index contributed by atoms with van der Waals surface area (Å²) >= 11 is 0. The SMILES string of the molecule is O=C(O)N(Cc1ccccc1)c1ccc(N2CCOCC2)cc1. The van der Waals surface area contributed by atoms with Crippen LogP contribution in [-0.4, -0.2) is 37.5 Å². The summed E-state index contributed by atoms with van der Waals surface area (Å²) in [5.74, 6) is 0. The first-order valence-corrected chi connectivity index (χ1v) is 7.71. The number of rotatable bonds is 4. The van der Waals surface area contributed by atoms with Crippen LogP contribution in [0.5, 0.6) is 0 Å². The molecule has 120 valence electrons. The second-order valence-corrected chi connectivity index (χ2v) is 5.47. The topological polar surface area (TPSA) is 53.0 Å². The molecule has 0 saturated carbocycles. The zero-order valence-corrected chi connectivity index (χ0v) is 12.9. The van der Waals surface area contributed by atoms with Crippen molar-refractivity contribution in [3.05, 3.63) is 60.2 Å². The predicted octanol–water partition coefficient (Wildman–Crippen LogP) is 3.21. The van der Waals surface area contributed by atoms with Crippen LogP contribution >= 0.6 is 0 Å². The maximum atomic E-state index is 11.6. The Morgan fingerprint density at radius 1 is 1.04 bits per heavy atom. The summed E-state index contributed by atoms with van der Waals surface area (Å²) in [4.78, 5) is 15.2. The highest BCUT2D eigenvalue weighted by Gasteiger charge is 2.16. The van der Waals surface area contributed by atoms with Crippen molar-refractivity contribution in [2.24, 2.45) is 0 Å². The van der Waals surface area contributed by atoms with E-state index in [0.717, 1.165) is 37.6 Å². The lowest BCUT2D eigenvalue weighted by Crippen LogP contribution is -2.36. The number of hydrogen-bond acceptors (Lipinski definition) is 3. The normalized spacial score (nSPS) is 14.5. The monoisotopic (exact) mass is 312 g/mol. The molecule has 0 bridgehead atoms. The quantitative estimate of drug-likeness (QED) is 0.942. The zero-order valence-electron chi connectivity index (χ0n) is 12.9. The van der Waals surface area contributed by atoms with E-state index in [0.29, 0.717) is 12.2 Å². The second kappa shape index (κ2) is 7.15. The molecule has 1 heterocycles. The minimum atomic E-state index is -0.951. The number of hydrogen-bond donors (Lipinski definition) is 1. The number of morpholine rings is 1. The van der Waals surface area contributed by atoms with E-state index in [1.54, 1.807) is 0 Å². The Bertz CT molecular complexity index is 637. The van der Waals surface area contributed by atoms with Crippen LogP contribution in [0, 0.1) is 0 Å². The third kappa shape index (κ3) is 3.81. The Morgan fingerprint density at radius 2 is 1.70 bits per heavy atom. The minimum Gasteiger partial charge on any atom is -0.465 e. The van der Waals surface area contributed by atoms with Crippen molar-refractivity contribution in [1.29, 1.82) is 0 Å². The van der Waals surface area contributed by atoms with Gasteiger partial charge in [-0.15, -0.1) is 0 Å². The molecule has 0 aliphatic carbocycles. The summed E-state index contributed by atoms with van der Waals surface area (Å²) in [6.07, 6.45) is -0.951. The minimum absolute atomic E-state index is 0.340. The Balaban J connectivity index is 1.76. The molecular formula is C18H20N2O3. The molecule has 0 atom stereocenters. The summed E-state index contributed by atoms with van der Waals surface area (Å²) < 4.78 is 5.35. The zero-order chi connectivity index (χ0) is 16.1. The van der Waals surface area contributed by atoms with E-state index in [9.17, 15) is 9.90 Å². The van der Waals surface area contributed by atoms with Gasteiger partial charge in [0.25, 0.3) is 0 Å². The fraction of sp³-hybridized carbons (Fsp3) is 0.278. The summed E-state index contributed by atoms with van der Waals surface area (Å²) in [6.45, 7) is 3.54. The van der Waals surface area contributed by atoms with Crippen molar-refractivity contribution < 1.29 is 14.6 Å². The average molecular weight is 312 g/mol. The number of nitrogens with zero attached hydrogens (tertiary/aromatic N) is 2. The maximum Gasteiger partial charge on any atom is 0.412 e.